The van der Waals surface area contributed by atoms with Crippen LogP contribution in [0.1, 0.15) is 34.1 Å². The molecule has 0 bridgehead atoms. The summed E-state index contributed by atoms with van der Waals surface area (Å²) < 4.78 is 27.4. The Morgan fingerprint density at radius 1 is 1.45 bits per heavy atom. The van der Waals surface area contributed by atoms with Crippen LogP contribution in [-0.4, -0.2) is 18.5 Å². The molecule has 0 aliphatic heterocycles. The van der Waals surface area contributed by atoms with Crippen molar-refractivity contribution in [1.29, 1.82) is 0 Å². The first-order valence-electron chi connectivity index (χ1n) is 5.98. The Morgan fingerprint density at radius 3 is 2.65 bits per heavy atom. The van der Waals surface area contributed by atoms with Crippen molar-refractivity contribution in [3.8, 4) is 0 Å². The minimum Gasteiger partial charge on any atom is -0.391 e. The van der Waals surface area contributed by atoms with E-state index in [1.54, 1.807) is 19.9 Å². The van der Waals surface area contributed by atoms with Gasteiger partial charge in [-0.3, -0.25) is 0 Å². The van der Waals surface area contributed by atoms with Crippen LogP contribution >= 0.6 is 22.7 Å². The molecule has 0 aliphatic rings. The fourth-order valence-electron chi connectivity index (χ4n) is 1.69. The number of nitrogens with one attached hydrogen (secondary N) is 1. The van der Waals surface area contributed by atoms with Gasteiger partial charge in [0, 0.05) is 16.0 Å². The van der Waals surface area contributed by atoms with E-state index in [1.807, 2.05) is 12.3 Å². The van der Waals surface area contributed by atoms with Crippen LogP contribution in [-0.2, 0) is 16.6 Å². The van der Waals surface area contributed by atoms with E-state index in [9.17, 15) is 8.42 Å². The normalized spacial score (nSPS) is 13.6. The van der Waals surface area contributed by atoms with Gasteiger partial charge in [0.1, 0.15) is 9.22 Å². The highest BCUT2D eigenvalue weighted by molar-refractivity contribution is 7.91. The second-order valence-electron chi connectivity index (χ2n) is 4.50. The second kappa shape index (κ2) is 5.90. The number of aliphatic hydroxyl groups is 1. The van der Waals surface area contributed by atoms with Crippen molar-refractivity contribution in [2.24, 2.45) is 0 Å². The summed E-state index contributed by atoms with van der Waals surface area (Å²) in [6, 6.07) is 1.21. The van der Waals surface area contributed by atoms with E-state index in [0.717, 1.165) is 27.6 Å². The standard InChI is InChI=1S/C12H16N2O3S3/c1-7-4-11(19-10(7)5-15)20(16,17)14-9(3)12-13-8(2)6-18-12/h4,6,9,14-15H,5H2,1-3H3. The van der Waals surface area contributed by atoms with Gasteiger partial charge in [0.05, 0.1) is 12.6 Å². The van der Waals surface area contributed by atoms with Gasteiger partial charge in [0.15, 0.2) is 0 Å². The van der Waals surface area contributed by atoms with Crippen LogP contribution in [0.25, 0.3) is 0 Å². The summed E-state index contributed by atoms with van der Waals surface area (Å²) >= 11 is 2.52. The first kappa shape index (κ1) is 15.6. The van der Waals surface area contributed by atoms with Gasteiger partial charge in [-0.15, -0.1) is 22.7 Å². The first-order valence-corrected chi connectivity index (χ1v) is 9.16. The predicted octanol–water partition coefficient (Wildman–Crippen LogP) is 2.35. The number of aliphatic hydroxyl groups excluding tert-OH is 1. The molecule has 0 fully saturated rings. The first-order chi connectivity index (χ1) is 9.33. The lowest BCUT2D eigenvalue weighted by Gasteiger charge is -2.10. The van der Waals surface area contributed by atoms with Crippen molar-refractivity contribution in [2.75, 3.05) is 0 Å². The topological polar surface area (TPSA) is 79.3 Å². The Bertz CT molecular complexity index is 703. The molecular weight excluding hydrogens is 316 g/mol. The van der Waals surface area contributed by atoms with Gasteiger partial charge >= 0.3 is 0 Å². The molecule has 0 radical (unpaired) electrons. The molecular formula is C12H16N2O3S3. The molecule has 1 atom stereocenters. The van der Waals surface area contributed by atoms with E-state index in [0.29, 0.717) is 4.88 Å². The average molecular weight is 332 g/mol. The van der Waals surface area contributed by atoms with Gasteiger partial charge in [-0.1, -0.05) is 0 Å². The maximum absolute atomic E-state index is 12.3. The van der Waals surface area contributed by atoms with E-state index in [2.05, 4.69) is 9.71 Å². The highest BCUT2D eigenvalue weighted by atomic mass is 32.2. The SMILES string of the molecule is Cc1csc(C(C)NS(=O)(=O)c2cc(C)c(CO)s2)n1. The molecule has 2 aromatic rings. The molecule has 5 nitrogen and oxygen atoms in total. The number of thiazole rings is 1. The van der Waals surface area contributed by atoms with Crippen molar-refractivity contribution >= 4 is 32.7 Å². The lowest BCUT2D eigenvalue weighted by atomic mass is 10.3. The predicted molar refractivity (Wildman–Crippen MR) is 80.6 cm³/mol. The summed E-state index contributed by atoms with van der Waals surface area (Å²) in [7, 11) is -3.59. The molecule has 0 amide bonds. The largest absolute Gasteiger partial charge is 0.391 e. The lowest BCUT2D eigenvalue weighted by Crippen LogP contribution is -2.26. The van der Waals surface area contributed by atoms with E-state index >= 15 is 0 Å². The van der Waals surface area contributed by atoms with Crippen molar-refractivity contribution in [3.05, 3.63) is 32.6 Å². The number of aryl methyl sites for hydroxylation is 2. The third kappa shape index (κ3) is 3.26. The molecule has 1 unspecified atom stereocenters. The van der Waals surface area contributed by atoms with Crippen LogP contribution in [0.4, 0.5) is 0 Å². The van der Waals surface area contributed by atoms with Crippen molar-refractivity contribution in [2.45, 2.75) is 37.6 Å². The summed E-state index contributed by atoms with van der Waals surface area (Å²) in [4.78, 5) is 4.95. The molecule has 110 valence electrons. The minimum absolute atomic E-state index is 0.146. The van der Waals surface area contributed by atoms with E-state index in [-0.39, 0.29) is 16.9 Å². The molecule has 0 saturated heterocycles. The number of thiophene rings is 1. The van der Waals surface area contributed by atoms with E-state index in [1.165, 1.54) is 11.3 Å². The zero-order valence-corrected chi connectivity index (χ0v) is 13.8. The maximum Gasteiger partial charge on any atom is 0.250 e. The number of rotatable bonds is 5. The Morgan fingerprint density at radius 2 is 2.15 bits per heavy atom. The van der Waals surface area contributed by atoms with E-state index < -0.39 is 10.0 Å². The summed E-state index contributed by atoms with van der Waals surface area (Å²) in [5, 5.41) is 11.8. The summed E-state index contributed by atoms with van der Waals surface area (Å²) in [6.45, 7) is 5.28. The Kier molecular flexibility index (Phi) is 4.60. The highest BCUT2D eigenvalue weighted by Gasteiger charge is 2.22. The zero-order chi connectivity index (χ0) is 14.9. The van der Waals surface area contributed by atoms with Crippen molar-refractivity contribution < 1.29 is 13.5 Å². The Labute approximate surface area is 126 Å². The molecule has 20 heavy (non-hydrogen) atoms. The van der Waals surface area contributed by atoms with Crippen LogP contribution in [0.5, 0.6) is 0 Å². The Hall–Kier alpha value is -0.800. The van der Waals surface area contributed by atoms with Gasteiger partial charge in [-0.25, -0.2) is 18.1 Å². The number of nitrogens with zero attached hydrogens (tertiary/aromatic N) is 1. The molecule has 0 saturated carbocycles. The molecule has 2 rings (SSSR count). The summed E-state index contributed by atoms with van der Waals surface area (Å²) in [5.41, 5.74) is 1.67. The Balaban J connectivity index is 2.22. The monoisotopic (exact) mass is 332 g/mol. The van der Waals surface area contributed by atoms with Crippen LogP contribution in [0.2, 0.25) is 0 Å². The lowest BCUT2D eigenvalue weighted by molar-refractivity contribution is 0.285. The molecule has 2 N–H and O–H groups in total. The fraction of sp³-hybridized carbons (Fsp3) is 0.417. The van der Waals surface area contributed by atoms with Gasteiger partial charge < -0.3 is 5.11 Å². The van der Waals surface area contributed by atoms with Gasteiger partial charge in [0.25, 0.3) is 10.0 Å². The molecule has 0 aliphatic carbocycles. The molecule has 0 spiro atoms. The molecule has 8 heteroatoms. The highest BCUT2D eigenvalue weighted by Crippen LogP contribution is 2.27. The van der Waals surface area contributed by atoms with Gasteiger partial charge in [0.2, 0.25) is 0 Å². The second-order valence-corrected chi connectivity index (χ2v) is 8.47. The summed E-state index contributed by atoms with van der Waals surface area (Å²) in [5.74, 6) is 0. The average Bonchev–Trinajstić information content (AvgIpc) is 2.95. The van der Waals surface area contributed by atoms with Crippen LogP contribution in [0.3, 0.4) is 0 Å². The minimum atomic E-state index is -3.59. The van der Waals surface area contributed by atoms with Crippen molar-refractivity contribution in [1.82, 2.24) is 9.71 Å². The maximum atomic E-state index is 12.3. The molecule has 2 aromatic heterocycles. The van der Waals surface area contributed by atoms with Crippen LogP contribution < -0.4 is 4.72 Å². The quantitative estimate of drug-likeness (QED) is 0.881. The van der Waals surface area contributed by atoms with E-state index in [4.69, 9.17) is 5.11 Å². The van der Waals surface area contributed by atoms with Crippen LogP contribution in [0.15, 0.2) is 15.7 Å². The van der Waals surface area contributed by atoms with Crippen molar-refractivity contribution in [3.63, 3.8) is 0 Å². The fourth-order valence-corrected chi connectivity index (χ4v) is 5.24. The number of hydrogen-bond acceptors (Lipinski definition) is 6. The summed E-state index contributed by atoms with van der Waals surface area (Å²) in [6.07, 6.45) is 0. The molecule has 0 aromatic carbocycles. The van der Waals surface area contributed by atoms with Gasteiger partial charge in [-0.05, 0) is 32.4 Å². The number of hydrogen-bond donors (Lipinski definition) is 2. The smallest absolute Gasteiger partial charge is 0.250 e. The van der Waals surface area contributed by atoms with Gasteiger partial charge in [-0.2, -0.15) is 0 Å². The number of sulfonamides is 1. The van der Waals surface area contributed by atoms with Crippen LogP contribution in [0, 0.1) is 13.8 Å². The zero-order valence-electron chi connectivity index (χ0n) is 11.4. The number of aromatic nitrogens is 1. The molecule has 2 heterocycles. The third-order valence-electron chi connectivity index (χ3n) is 2.75. The third-order valence-corrected chi connectivity index (χ3v) is 7.13.